The molecule has 2 N–H and O–H groups in total. The van der Waals surface area contributed by atoms with Crippen molar-refractivity contribution in [3.05, 3.63) is 35.5 Å². The summed E-state index contributed by atoms with van der Waals surface area (Å²) in [6, 6.07) is 7.67. The minimum absolute atomic E-state index is 0.273. The number of likely N-dealkylation sites (tertiary alicyclic amines) is 1. The molecule has 4 heteroatoms. The van der Waals surface area contributed by atoms with Crippen LogP contribution in [0.3, 0.4) is 0 Å². The van der Waals surface area contributed by atoms with Gasteiger partial charge in [-0.3, -0.25) is 4.79 Å². The normalized spacial score (nSPS) is 28.9. The van der Waals surface area contributed by atoms with E-state index in [0.29, 0.717) is 30.3 Å². The molecule has 5 rings (SSSR count). The highest BCUT2D eigenvalue weighted by Crippen LogP contribution is 2.44. The number of nitrogens with zero attached hydrogens (tertiary/aromatic N) is 1. The molecule has 1 saturated heterocycles. The molecule has 1 aromatic heterocycles. The smallest absolute Gasteiger partial charge is 0.220 e. The summed E-state index contributed by atoms with van der Waals surface area (Å²) in [6.07, 6.45) is 11.3. The number of fused-ring (bicyclic) bond motifs is 2. The molecular weight excluding hydrogens is 334 g/mol. The second-order valence-electron chi connectivity index (χ2n) is 9.11. The molecule has 1 amide bonds. The zero-order valence-corrected chi connectivity index (χ0v) is 16.3. The maximum atomic E-state index is 12.7. The lowest BCUT2D eigenvalue weighted by atomic mass is 9.72. The molecule has 1 aliphatic heterocycles. The molecule has 2 aliphatic carbocycles. The summed E-state index contributed by atoms with van der Waals surface area (Å²) in [4.78, 5) is 18.6. The van der Waals surface area contributed by atoms with Gasteiger partial charge in [-0.1, -0.05) is 31.4 Å². The average molecular weight is 366 g/mol. The molecule has 0 spiro atoms. The lowest BCUT2D eigenvalue weighted by Gasteiger charge is -2.45. The molecule has 2 heterocycles. The van der Waals surface area contributed by atoms with Crippen molar-refractivity contribution in [3.63, 3.8) is 0 Å². The van der Waals surface area contributed by atoms with Gasteiger partial charge >= 0.3 is 0 Å². The molecule has 1 saturated carbocycles. The summed E-state index contributed by atoms with van der Waals surface area (Å²) < 4.78 is 0. The molecule has 27 heavy (non-hydrogen) atoms. The monoisotopic (exact) mass is 365 g/mol. The summed E-state index contributed by atoms with van der Waals surface area (Å²) in [5.74, 6) is 1.27. The number of likely N-dealkylation sites (N-methyl/N-ethyl adjacent to an activating group) is 1. The summed E-state index contributed by atoms with van der Waals surface area (Å²) >= 11 is 0. The Hall–Kier alpha value is -1.81. The summed E-state index contributed by atoms with van der Waals surface area (Å²) in [5.41, 5.74) is 4.21. The third-order valence-corrected chi connectivity index (χ3v) is 7.26. The SMILES string of the molecule is CN1C[C@H](CC(=O)NC2CCCCC2)C[C@@H]2c3cccc4[nH]cc(c34)C[C@H]21. The molecule has 0 bridgehead atoms. The molecule has 2 fully saturated rings. The van der Waals surface area contributed by atoms with Crippen molar-refractivity contribution in [3.8, 4) is 0 Å². The number of hydrogen-bond acceptors (Lipinski definition) is 2. The van der Waals surface area contributed by atoms with Crippen LogP contribution in [0.15, 0.2) is 24.4 Å². The molecule has 144 valence electrons. The van der Waals surface area contributed by atoms with Gasteiger partial charge < -0.3 is 15.2 Å². The number of nitrogens with one attached hydrogen (secondary N) is 2. The van der Waals surface area contributed by atoms with Gasteiger partial charge in [0, 0.05) is 48.1 Å². The van der Waals surface area contributed by atoms with E-state index in [1.54, 1.807) is 0 Å². The zero-order valence-electron chi connectivity index (χ0n) is 16.3. The predicted octanol–water partition coefficient (Wildman–Crippen LogP) is 3.97. The quantitative estimate of drug-likeness (QED) is 0.865. The van der Waals surface area contributed by atoms with Crippen molar-refractivity contribution in [2.24, 2.45) is 5.92 Å². The van der Waals surface area contributed by atoms with Crippen LogP contribution >= 0.6 is 0 Å². The lowest BCUT2D eigenvalue weighted by molar-refractivity contribution is -0.123. The van der Waals surface area contributed by atoms with Crippen LogP contribution in [0, 0.1) is 5.92 Å². The zero-order chi connectivity index (χ0) is 18.4. The van der Waals surface area contributed by atoms with Gasteiger partial charge in [0.2, 0.25) is 5.91 Å². The first-order valence-corrected chi connectivity index (χ1v) is 10.8. The third-order valence-electron chi connectivity index (χ3n) is 7.26. The van der Waals surface area contributed by atoms with Gasteiger partial charge in [0.25, 0.3) is 0 Å². The van der Waals surface area contributed by atoms with Crippen LogP contribution in [0.25, 0.3) is 10.9 Å². The minimum Gasteiger partial charge on any atom is -0.361 e. The number of carbonyl (C=O) groups is 1. The summed E-state index contributed by atoms with van der Waals surface area (Å²) in [7, 11) is 2.25. The van der Waals surface area contributed by atoms with Crippen LogP contribution in [0.2, 0.25) is 0 Å². The topological polar surface area (TPSA) is 48.1 Å². The second-order valence-corrected chi connectivity index (χ2v) is 9.11. The first-order valence-electron chi connectivity index (χ1n) is 10.8. The Balaban J connectivity index is 1.32. The van der Waals surface area contributed by atoms with Gasteiger partial charge in [0.15, 0.2) is 0 Å². The van der Waals surface area contributed by atoms with E-state index in [9.17, 15) is 4.79 Å². The predicted molar refractivity (Wildman–Crippen MR) is 109 cm³/mol. The fourth-order valence-corrected chi connectivity index (χ4v) is 6.00. The van der Waals surface area contributed by atoms with Crippen molar-refractivity contribution >= 4 is 16.8 Å². The number of aromatic nitrogens is 1. The Labute approximate surface area is 161 Å². The van der Waals surface area contributed by atoms with E-state index in [4.69, 9.17) is 0 Å². The molecule has 0 radical (unpaired) electrons. The number of carbonyl (C=O) groups excluding carboxylic acids is 1. The standard InChI is InChI=1S/C23H31N3O/c1-26-14-15(11-22(27)25-17-6-3-2-4-7-17)10-19-18-8-5-9-20-23(18)16(13-24-20)12-21(19)26/h5,8-9,13,15,17,19,21,24H,2-4,6-7,10-12,14H2,1H3,(H,25,27)/t15-,19+,21+/m0/s1. The average Bonchev–Trinajstić information content (AvgIpc) is 3.08. The van der Waals surface area contributed by atoms with Gasteiger partial charge in [0.1, 0.15) is 0 Å². The van der Waals surface area contributed by atoms with Gasteiger partial charge in [-0.15, -0.1) is 0 Å². The molecule has 2 aromatic rings. The van der Waals surface area contributed by atoms with E-state index in [1.165, 1.54) is 54.1 Å². The van der Waals surface area contributed by atoms with Gasteiger partial charge in [-0.25, -0.2) is 0 Å². The van der Waals surface area contributed by atoms with Crippen LogP contribution in [-0.2, 0) is 11.2 Å². The Morgan fingerprint density at radius 1 is 1.26 bits per heavy atom. The number of rotatable bonds is 3. The fourth-order valence-electron chi connectivity index (χ4n) is 6.00. The van der Waals surface area contributed by atoms with E-state index in [-0.39, 0.29) is 5.91 Å². The van der Waals surface area contributed by atoms with E-state index < -0.39 is 0 Å². The van der Waals surface area contributed by atoms with Gasteiger partial charge in [-0.05, 0) is 55.8 Å². The van der Waals surface area contributed by atoms with Crippen LogP contribution < -0.4 is 5.32 Å². The number of hydrogen-bond donors (Lipinski definition) is 2. The van der Waals surface area contributed by atoms with E-state index in [2.05, 4.69) is 46.6 Å². The number of benzene rings is 1. The molecular formula is C23H31N3O. The van der Waals surface area contributed by atoms with Crippen LogP contribution in [0.5, 0.6) is 0 Å². The van der Waals surface area contributed by atoms with E-state index >= 15 is 0 Å². The maximum Gasteiger partial charge on any atom is 0.220 e. The summed E-state index contributed by atoms with van der Waals surface area (Å²) in [5, 5.41) is 4.77. The third kappa shape index (κ3) is 3.18. The largest absolute Gasteiger partial charge is 0.361 e. The van der Waals surface area contributed by atoms with Crippen molar-refractivity contribution in [1.29, 1.82) is 0 Å². The second kappa shape index (κ2) is 6.97. The molecule has 1 aromatic carbocycles. The Morgan fingerprint density at radius 2 is 2.11 bits per heavy atom. The first-order chi connectivity index (χ1) is 13.2. The number of amides is 1. The molecule has 0 unspecified atom stereocenters. The lowest BCUT2D eigenvalue weighted by Crippen LogP contribution is -2.49. The van der Waals surface area contributed by atoms with Gasteiger partial charge in [-0.2, -0.15) is 0 Å². The summed E-state index contributed by atoms with van der Waals surface area (Å²) in [6.45, 7) is 1.04. The number of H-pyrrole nitrogens is 1. The Morgan fingerprint density at radius 3 is 2.96 bits per heavy atom. The van der Waals surface area contributed by atoms with Crippen molar-refractivity contribution < 1.29 is 4.79 Å². The van der Waals surface area contributed by atoms with E-state index in [1.807, 2.05) is 0 Å². The first kappa shape index (κ1) is 17.3. The highest BCUT2D eigenvalue weighted by Gasteiger charge is 2.39. The number of aromatic amines is 1. The maximum absolute atomic E-state index is 12.7. The fraction of sp³-hybridized carbons (Fsp3) is 0.609. The van der Waals surface area contributed by atoms with Crippen molar-refractivity contribution in [2.45, 2.75) is 69.4 Å². The van der Waals surface area contributed by atoms with Crippen molar-refractivity contribution in [2.75, 3.05) is 13.6 Å². The molecule has 3 aliphatic rings. The molecule has 3 atom stereocenters. The number of piperidine rings is 1. The van der Waals surface area contributed by atoms with Crippen molar-refractivity contribution in [1.82, 2.24) is 15.2 Å². The van der Waals surface area contributed by atoms with Gasteiger partial charge in [0.05, 0.1) is 0 Å². The molecule has 4 nitrogen and oxygen atoms in total. The Bertz CT molecular complexity index is 835. The van der Waals surface area contributed by atoms with Crippen LogP contribution in [-0.4, -0.2) is 41.5 Å². The highest BCUT2D eigenvalue weighted by molar-refractivity contribution is 5.88. The van der Waals surface area contributed by atoms with Crippen LogP contribution in [0.1, 0.15) is 62.0 Å². The van der Waals surface area contributed by atoms with Crippen LogP contribution in [0.4, 0.5) is 0 Å². The Kier molecular flexibility index (Phi) is 4.47. The van der Waals surface area contributed by atoms with E-state index in [0.717, 1.165) is 19.4 Å². The highest BCUT2D eigenvalue weighted by atomic mass is 16.1. The minimum atomic E-state index is 0.273.